The van der Waals surface area contributed by atoms with E-state index in [1.54, 1.807) is 40.1 Å². The SMILES string of the molecule is O=c1ccn2ncc(-n3cc(-c4ccc(F)nc4)cn3)c2[nH]1. The number of aromatic nitrogens is 6. The lowest BCUT2D eigenvalue weighted by Gasteiger charge is -1.98. The third kappa shape index (κ3) is 1.97. The van der Waals surface area contributed by atoms with E-state index in [0.717, 1.165) is 11.1 Å². The van der Waals surface area contributed by atoms with Gasteiger partial charge in [0.05, 0.1) is 12.4 Å². The molecule has 0 amide bonds. The zero-order valence-corrected chi connectivity index (χ0v) is 11.1. The summed E-state index contributed by atoms with van der Waals surface area (Å²) in [5.74, 6) is -0.531. The molecule has 0 aliphatic carbocycles. The maximum Gasteiger partial charge on any atom is 0.251 e. The lowest BCUT2D eigenvalue weighted by molar-refractivity contribution is 0.584. The van der Waals surface area contributed by atoms with Gasteiger partial charge in [-0.2, -0.15) is 14.6 Å². The summed E-state index contributed by atoms with van der Waals surface area (Å²) in [7, 11) is 0. The standard InChI is InChI=1S/C14H9FN6O/c15-12-2-1-9(5-16-12)10-6-17-21(8-10)11-7-18-20-4-3-13(22)19-14(11)20/h1-8H,(H,19,22). The van der Waals surface area contributed by atoms with Crippen LogP contribution in [0.4, 0.5) is 4.39 Å². The predicted octanol–water partition coefficient (Wildman–Crippen LogP) is 1.41. The summed E-state index contributed by atoms with van der Waals surface area (Å²) in [6.45, 7) is 0. The van der Waals surface area contributed by atoms with E-state index in [1.165, 1.54) is 18.3 Å². The Hall–Kier alpha value is -3.29. The Bertz CT molecular complexity index is 1010. The molecule has 0 aliphatic heterocycles. The van der Waals surface area contributed by atoms with Crippen LogP contribution in [0.25, 0.3) is 22.5 Å². The predicted molar refractivity (Wildman–Crippen MR) is 76.1 cm³/mol. The second kappa shape index (κ2) is 4.62. The van der Waals surface area contributed by atoms with Gasteiger partial charge in [-0.25, -0.2) is 14.2 Å². The number of nitrogens with one attached hydrogen (secondary N) is 1. The van der Waals surface area contributed by atoms with E-state index in [4.69, 9.17) is 0 Å². The molecule has 0 aromatic carbocycles. The summed E-state index contributed by atoms with van der Waals surface area (Å²) in [5.41, 5.74) is 2.49. The van der Waals surface area contributed by atoms with E-state index in [2.05, 4.69) is 20.2 Å². The van der Waals surface area contributed by atoms with Crippen molar-refractivity contribution in [3.63, 3.8) is 0 Å². The van der Waals surface area contributed by atoms with Gasteiger partial charge >= 0.3 is 0 Å². The fourth-order valence-electron chi connectivity index (χ4n) is 2.20. The number of hydrogen-bond donors (Lipinski definition) is 1. The number of rotatable bonds is 2. The van der Waals surface area contributed by atoms with E-state index < -0.39 is 5.95 Å². The Morgan fingerprint density at radius 3 is 2.77 bits per heavy atom. The number of nitrogens with zero attached hydrogens (tertiary/aromatic N) is 5. The molecule has 4 rings (SSSR count). The lowest BCUT2D eigenvalue weighted by Crippen LogP contribution is -2.07. The molecule has 0 bridgehead atoms. The summed E-state index contributed by atoms with van der Waals surface area (Å²) in [6, 6.07) is 4.31. The van der Waals surface area contributed by atoms with E-state index in [9.17, 15) is 9.18 Å². The van der Waals surface area contributed by atoms with Crippen molar-refractivity contribution in [2.75, 3.05) is 0 Å². The number of halogens is 1. The fourth-order valence-corrected chi connectivity index (χ4v) is 2.20. The van der Waals surface area contributed by atoms with Crippen LogP contribution in [0.1, 0.15) is 0 Å². The van der Waals surface area contributed by atoms with Crippen molar-refractivity contribution in [2.24, 2.45) is 0 Å². The number of H-pyrrole nitrogens is 1. The summed E-state index contributed by atoms with van der Waals surface area (Å²) in [4.78, 5) is 17.8. The van der Waals surface area contributed by atoms with Crippen LogP contribution in [0.15, 0.2) is 54.0 Å². The second-order valence-electron chi connectivity index (χ2n) is 4.67. The minimum Gasteiger partial charge on any atom is -0.305 e. The molecule has 1 N–H and O–H groups in total. The quantitative estimate of drug-likeness (QED) is 0.567. The van der Waals surface area contributed by atoms with Gasteiger partial charge < -0.3 is 4.98 Å². The number of hydrogen-bond acceptors (Lipinski definition) is 4. The molecular formula is C14H9FN6O. The third-order valence-corrected chi connectivity index (χ3v) is 3.27. The maximum absolute atomic E-state index is 12.9. The van der Waals surface area contributed by atoms with Crippen molar-refractivity contribution >= 4 is 5.65 Å². The molecule has 4 aromatic heterocycles. The molecule has 7 nitrogen and oxygen atoms in total. The van der Waals surface area contributed by atoms with E-state index in [0.29, 0.717) is 11.3 Å². The van der Waals surface area contributed by atoms with E-state index in [1.807, 2.05) is 0 Å². The summed E-state index contributed by atoms with van der Waals surface area (Å²) >= 11 is 0. The minimum absolute atomic E-state index is 0.218. The summed E-state index contributed by atoms with van der Waals surface area (Å²) in [6.07, 6.45) is 8.02. The van der Waals surface area contributed by atoms with E-state index >= 15 is 0 Å². The normalized spacial score (nSPS) is 11.1. The number of aromatic amines is 1. The first-order chi connectivity index (χ1) is 10.7. The number of fused-ring (bicyclic) bond motifs is 1. The monoisotopic (exact) mass is 296 g/mol. The third-order valence-electron chi connectivity index (χ3n) is 3.27. The van der Waals surface area contributed by atoms with Crippen molar-refractivity contribution in [1.82, 2.24) is 29.4 Å². The number of pyridine rings is 1. The molecule has 0 radical (unpaired) electrons. The first-order valence-electron chi connectivity index (χ1n) is 6.44. The lowest BCUT2D eigenvalue weighted by atomic mass is 10.2. The molecule has 8 heteroatoms. The highest BCUT2D eigenvalue weighted by Crippen LogP contribution is 2.20. The zero-order chi connectivity index (χ0) is 15.1. The van der Waals surface area contributed by atoms with Gasteiger partial charge in [0, 0.05) is 35.8 Å². The Labute approximate surface area is 122 Å². The van der Waals surface area contributed by atoms with Crippen molar-refractivity contribution in [1.29, 1.82) is 0 Å². The highest BCUT2D eigenvalue weighted by Gasteiger charge is 2.10. The van der Waals surface area contributed by atoms with Gasteiger partial charge in [-0.15, -0.1) is 0 Å². The molecule has 4 heterocycles. The molecule has 108 valence electrons. The van der Waals surface area contributed by atoms with Crippen molar-refractivity contribution < 1.29 is 4.39 Å². The van der Waals surface area contributed by atoms with Crippen LogP contribution in [0, 0.1) is 5.95 Å². The topological polar surface area (TPSA) is 80.9 Å². The molecule has 0 fully saturated rings. The molecule has 0 aliphatic rings. The highest BCUT2D eigenvalue weighted by molar-refractivity contribution is 5.63. The fraction of sp³-hybridized carbons (Fsp3) is 0. The van der Waals surface area contributed by atoms with Gasteiger partial charge in [0.25, 0.3) is 5.56 Å². The minimum atomic E-state index is -0.531. The highest BCUT2D eigenvalue weighted by atomic mass is 19.1. The van der Waals surface area contributed by atoms with Gasteiger partial charge in [-0.1, -0.05) is 0 Å². The Balaban J connectivity index is 1.81. The Kier molecular flexibility index (Phi) is 2.62. The van der Waals surface area contributed by atoms with Gasteiger partial charge in [0.1, 0.15) is 5.69 Å². The molecular weight excluding hydrogens is 287 g/mol. The van der Waals surface area contributed by atoms with Crippen LogP contribution in [0.5, 0.6) is 0 Å². The second-order valence-corrected chi connectivity index (χ2v) is 4.67. The molecule has 0 unspecified atom stereocenters. The van der Waals surface area contributed by atoms with Gasteiger partial charge in [-0.05, 0) is 12.1 Å². The molecule has 0 saturated carbocycles. The van der Waals surface area contributed by atoms with E-state index in [-0.39, 0.29) is 5.56 Å². The summed E-state index contributed by atoms with van der Waals surface area (Å²) < 4.78 is 16.0. The van der Waals surface area contributed by atoms with Crippen molar-refractivity contribution in [3.8, 4) is 16.8 Å². The molecule has 0 spiro atoms. The molecule has 4 aromatic rings. The van der Waals surface area contributed by atoms with Crippen molar-refractivity contribution in [3.05, 3.63) is 65.5 Å². The largest absolute Gasteiger partial charge is 0.305 e. The van der Waals surface area contributed by atoms with Crippen LogP contribution >= 0.6 is 0 Å². The van der Waals surface area contributed by atoms with Crippen LogP contribution in [-0.2, 0) is 0 Å². The van der Waals surface area contributed by atoms with Crippen LogP contribution < -0.4 is 5.56 Å². The van der Waals surface area contributed by atoms with Gasteiger partial charge in [0.2, 0.25) is 5.95 Å². The van der Waals surface area contributed by atoms with Crippen LogP contribution in [0.3, 0.4) is 0 Å². The first-order valence-corrected chi connectivity index (χ1v) is 6.44. The van der Waals surface area contributed by atoms with Crippen molar-refractivity contribution in [2.45, 2.75) is 0 Å². The van der Waals surface area contributed by atoms with Gasteiger partial charge in [0.15, 0.2) is 5.65 Å². The smallest absolute Gasteiger partial charge is 0.251 e. The van der Waals surface area contributed by atoms with Gasteiger partial charge in [-0.3, -0.25) is 4.79 Å². The Morgan fingerprint density at radius 1 is 1.05 bits per heavy atom. The average Bonchev–Trinajstić information content (AvgIpc) is 3.14. The van der Waals surface area contributed by atoms with Crippen LogP contribution in [0.2, 0.25) is 0 Å². The molecule has 22 heavy (non-hydrogen) atoms. The maximum atomic E-state index is 12.9. The van der Waals surface area contributed by atoms with Crippen LogP contribution in [-0.4, -0.2) is 29.4 Å². The molecule has 0 saturated heterocycles. The summed E-state index contributed by atoms with van der Waals surface area (Å²) in [5, 5.41) is 8.41. The Morgan fingerprint density at radius 2 is 1.95 bits per heavy atom. The zero-order valence-electron chi connectivity index (χ0n) is 11.1. The average molecular weight is 296 g/mol. The molecule has 0 atom stereocenters. The first kappa shape index (κ1) is 12.5.